The quantitative estimate of drug-likeness (QED) is 0.758. The molecule has 118 valence electrons. The molecule has 7 nitrogen and oxygen atoms in total. The molecule has 0 unspecified atom stereocenters. The van der Waals surface area contributed by atoms with Gasteiger partial charge in [0.2, 0.25) is 10.0 Å². The van der Waals surface area contributed by atoms with Crippen molar-refractivity contribution in [2.24, 2.45) is 0 Å². The van der Waals surface area contributed by atoms with Gasteiger partial charge in [-0.2, -0.15) is 0 Å². The van der Waals surface area contributed by atoms with Crippen molar-refractivity contribution in [3.63, 3.8) is 0 Å². The zero-order valence-electron chi connectivity index (χ0n) is 12.5. The summed E-state index contributed by atoms with van der Waals surface area (Å²) in [6.07, 6.45) is 0. The van der Waals surface area contributed by atoms with E-state index < -0.39 is 10.0 Å². The van der Waals surface area contributed by atoms with E-state index >= 15 is 0 Å². The maximum absolute atomic E-state index is 12.1. The number of carbonyl (C=O) groups is 1. The van der Waals surface area contributed by atoms with Crippen molar-refractivity contribution in [3.05, 3.63) is 23.8 Å². The molecule has 0 saturated carbocycles. The molecule has 1 amide bonds. The molecule has 1 aromatic carbocycles. The molecule has 1 atom stereocenters. The molecule has 1 aromatic rings. The Morgan fingerprint density at radius 3 is 2.52 bits per heavy atom. The van der Waals surface area contributed by atoms with Crippen LogP contribution >= 0.6 is 0 Å². The zero-order chi connectivity index (χ0) is 16.0. The number of benzene rings is 1. The number of nitrogens with one attached hydrogen (secondary N) is 2. The number of ether oxygens (including phenoxy) is 2. The van der Waals surface area contributed by atoms with Crippen LogP contribution in [0.2, 0.25) is 0 Å². The second-order valence-electron chi connectivity index (χ2n) is 4.40. The second kappa shape index (κ2) is 7.39. The third-order valence-electron chi connectivity index (χ3n) is 2.78. The summed E-state index contributed by atoms with van der Waals surface area (Å²) < 4.78 is 36.0. The van der Waals surface area contributed by atoms with Gasteiger partial charge in [-0.25, -0.2) is 13.1 Å². The van der Waals surface area contributed by atoms with Crippen molar-refractivity contribution in [2.45, 2.75) is 17.9 Å². The van der Waals surface area contributed by atoms with E-state index in [1.165, 1.54) is 39.5 Å². The summed E-state index contributed by atoms with van der Waals surface area (Å²) in [5.74, 6) is -0.208. The van der Waals surface area contributed by atoms with E-state index in [0.717, 1.165) is 0 Å². The molecule has 0 bridgehead atoms. The highest BCUT2D eigenvalue weighted by atomic mass is 32.2. The van der Waals surface area contributed by atoms with Crippen LogP contribution in [0.4, 0.5) is 0 Å². The lowest BCUT2D eigenvalue weighted by Crippen LogP contribution is -2.35. The van der Waals surface area contributed by atoms with E-state index in [4.69, 9.17) is 9.47 Å². The smallest absolute Gasteiger partial charge is 0.251 e. The van der Waals surface area contributed by atoms with Gasteiger partial charge in [0.05, 0.1) is 13.7 Å². The summed E-state index contributed by atoms with van der Waals surface area (Å²) in [4.78, 5) is 12.0. The van der Waals surface area contributed by atoms with Crippen molar-refractivity contribution in [1.82, 2.24) is 10.0 Å². The third kappa shape index (κ3) is 4.42. The topological polar surface area (TPSA) is 93.7 Å². The normalized spacial score (nSPS) is 12.8. The third-order valence-corrected chi connectivity index (χ3v) is 4.21. The first-order chi connectivity index (χ1) is 9.85. The van der Waals surface area contributed by atoms with Gasteiger partial charge in [-0.05, 0) is 32.2 Å². The van der Waals surface area contributed by atoms with Crippen molar-refractivity contribution in [3.8, 4) is 5.75 Å². The number of methoxy groups -OCH3 is 2. The van der Waals surface area contributed by atoms with Crippen LogP contribution in [0.3, 0.4) is 0 Å². The monoisotopic (exact) mass is 316 g/mol. The molecule has 0 radical (unpaired) electrons. The van der Waals surface area contributed by atoms with E-state index in [1.54, 1.807) is 6.92 Å². The van der Waals surface area contributed by atoms with Crippen LogP contribution in [0.1, 0.15) is 17.3 Å². The molecule has 1 rings (SSSR count). The lowest BCUT2D eigenvalue weighted by molar-refractivity contribution is 0.0905. The molecular formula is C13H20N2O5S. The number of hydrogen-bond donors (Lipinski definition) is 2. The van der Waals surface area contributed by atoms with Gasteiger partial charge < -0.3 is 14.8 Å². The summed E-state index contributed by atoms with van der Waals surface area (Å²) in [5.41, 5.74) is 0.229. The van der Waals surface area contributed by atoms with E-state index in [2.05, 4.69) is 10.0 Å². The van der Waals surface area contributed by atoms with Crippen molar-refractivity contribution < 1.29 is 22.7 Å². The number of hydrogen-bond acceptors (Lipinski definition) is 5. The molecular weight excluding hydrogens is 296 g/mol. The lowest BCUT2D eigenvalue weighted by Gasteiger charge is -2.14. The van der Waals surface area contributed by atoms with Crippen LogP contribution in [-0.4, -0.2) is 48.2 Å². The van der Waals surface area contributed by atoms with Crippen molar-refractivity contribution in [2.75, 3.05) is 27.9 Å². The van der Waals surface area contributed by atoms with E-state index in [9.17, 15) is 13.2 Å². The zero-order valence-corrected chi connectivity index (χ0v) is 13.3. The molecule has 21 heavy (non-hydrogen) atoms. The summed E-state index contributed by atoms with van der Waals surface area (Å²) >= 11 is 0. The highest BCUT2D eigenvalue weighted by Gasteiger charge is 2.20. The summed E-state index contributed by atoms with van der Waals surface area (Å²) in [6, 6.07) is 4.04. The van der Waals surface area contributed by atoms with E-state index in [1.807, 2.05) is 0 Å². The minimum atomic E-state index is -3.72. The maximum atomic E-state index is 12.1. The Morgan fingerprint density at radius 2 is 2.00 bits per heavy atom. The van der Waals surface area contributed by atoms with E-state index in [0.29, 0.717) is 6.61 Å². The van der Waals surface area contributed by atoms with Crippen molar-refractivity contribution in [1.29, 1.82) is 0 Å². The van der Waals surface area contributed by atoms with Crippen LogP contribution in [-0.2, 0) is 14.8 Å². The molecule has 0 aliphatic rings. The Kier molecular flexibility index (Phi) is 6.13. The number of rotatable bonds is 7. The number of carbonyl (C=O) groups excluding carboxylic acids is 1. The fourth-order valence-corrected chi connectivity index (χ4v) is 2.65. The van der Waals surface area contributed by atoms with Crippen LogP contribution in [0.25, 0.3) is 0 Å². The Bertz CT molecular complexity index is 601. The Hall–Kier alpha value is -1.64. The van der Waals surface area contributed by atoms with Gasteiger partial charge in [-0.3, -0.25) is 4.79 Å². The molecule has 0 saturated heterocycles. The molecule has 0 aromatic heterocycles. The summed E-state index contributed by atoms with van der Waals surface area (Å²) in [6.45, 7) is 2.15. The first-order valence-electron chi connectivity index (χ1n) is 6.27. The standard InChI is InChI=1S/C13H20N2O5S/c1-9(8-19-3)15-13(16)10-5-6-11(20-4)12(7-10)21(17,18)14-2/h5-7,9,14H,8H2,1-4H3,(H,15,16)/t9-/m1/s1. The molecule has 2 N–H and O–H groups in total. The molecule has 0 spiro atoms. The highest BCUT2D eigenvalue weighted by molar-refractivity contribution is 7.89. The molecule has 0 fully saturated rings. The second-order valence-corrected chi connectivity index (χ2v) is 6.26. The highest BCUT2D eigenvalue weighted by Crippen LogP contribution is 2.24. The summed E-state index contributed by atoms with van der Waals surface area (Å²) in [5, 5.41) is 2.71. The largest absolute Gasteiger partial charge is 0.495 e. The minimum Gasteiger partial charge on any atom is -0.495 e. The molecule has 8 heteroatoms. The SMILES string of the molecule is CNS(=O)(=O)c1cc(C(=O)N[C@H](C)COC)ccc1OC. The van der Waals surface area contributed by atoms with Gasteiger partial charge in [-0.1, -0.05) is 0 Å². The lowest BCUT2D eigenvalue weighted by atomic mass is 10.2. The molecule has 0 heterocycles. The van der Waals surface area contributed by atoms with Gasteiger partial charge >= 0.3 is 0 Å². The van der Waals surface area contributed by atoms with Gasteiger partial charge in [-0.15, -0.1) is 0 Å². The van der Waals surface area contributed by atoms with Crippen LogP contribution < -0.4 is 14.8 Å². The van der Waals surface area contributed by atoms with E-state index in [-0.39, 0.29) is 28.2 Å². The predicted octanol–water partition coefficient (Wildman–Crippen LogP) is 0.368. The number of amides is 1. The first kappa shape index (κ1) is 17.4. The van der Waals surface area contributed by atoms with Gasteiger partial charge in [0, 0.05) is 18.7 Å². The van der Waals surface area contributed by atoms with Gasteiger partial charge in [0.1, 0.15) is 10.6 Å². The Labute approximate surface area is 124 Å². The van der Waals surface area contributed by atoms with Crippen LogP contribution in [0.5, 0.6) is 5.75 Å². The first-order valence-corrected chi connectivity index (χ1v) is 7.75. The Balaban J connectivity index is 3.11. The average molecular weight is 316 g/mol. The van der Waals surface area contributed by atoms with Crippen LogP contribution in [0.15, 0.2) is 23.1 Å². The maximum Gasteiger partial charge on any atom is 0.251 e. The Morgan fingerprint density at radius 1 is 1.33 bits per heavy atom. The predicted molar refractivity (Wildman–Crippen MR) is 78.0 cm³/mol. The minimum absolute atomic E-state index is 0.0838. The van der Waals surface area contributed by atoms with Crippen LogP contribution in [0, 0.1) is 0 Å². The van der Waals surface area contributed by atoms with Crippen molar-refractivity contribution >= 4 is 15.9 Å². The summed E-state index contributed by atoms with van der Waals surface area (Å²) in [7, 11) is 0.479. The van der Waals surface area contributed by atoms with Gasteiger partial charge in [0.25, 0.3) is 5.91 Å². The fourth-order valence-electron chi connectivity index (χ4n) is 1.74. The molecule has 0 aliphatic carbocycles. The fraction of sp³-hybridized carbons (Fsp3) is 0.462. The average Bonchev–Trinajstić information content (AvgIpc) is 2.46. The number of sulfonamides is 1. The van der Waals surface area contributed by atoms with Gasteiger partial charge in [0.15, 0.2) is 0 Å². The molecule has 0 aliphatic heterocycles.